The quantitative estimate of drug-likeness (QED) is 0.216. The Morgan fingerprint density at radius 2 is 2.07 bits per heavy atom. The molecule has 0 radical (unpaired) electrons. The van der Waals surface area contributed by atoms with Crippen LogP contribution in [-0.4, -0.2) is 72.0 Å². The highest BCUT2D eigenvalue weighted by molar-refractivity contribution is 14.0. The van der Waals surface area contributed by atoms with Crippen molar-refractivity contribution in [3.05, 3.63) is 24.3 Å². The summed E-state index contributed by atoms with van der Waals surface area (Å²) in [7, 11) is 4.99. The van der Waals surface area contributed by atoms with Crippen LogP contribution in [0.1, 0.15) is 6.42 Å². The van der Waals surface area contributed by atoms with Gasteiger partial charge >= 0.3 is 0 Å². The number of para-hydroxylation sites is 2. The van der Waals surface area contributed by atoms with E-state index in [1.807, 2.05) is 18.2 Å². The molecule has 1 aromatic carbocycles. The van der Waals surface area contributed by atoms with Crippen molar-refractivity contribution in [1.29, 1.82) is 0 Å². The molecule has 2 rings (SSSR count). The molecule has 1 aliphatic rings. The Bertz CT molecular complexity index is 614. The second-order valence-corrected chi connectivity index (χ2v) is 6.02. The Balaban J connectivity index is 0.00000364. The molecule has 0 aliphatic carbocycles. The van der Waals surface area contributed by atoms with Crippen molar-refractivity contribution in [1.82, 2.24) is 16.0 Å². The van der Waals surface area contributed by atoms with Gasteiger partial charge in [0.05, 0.1) is 25.9 Å². The number of carbonyl (C=O) groups excluding carboxylic acids is 1. The lowest BCUT2D eigenvalue weighted by Gasteiger charge is -2.22. The van der Waals surface area contributed by atoms with Gasteiger partial charge in [0.15, 0.2) is 5.96 Å². The molecule has 1 fully saturated rings. The van der Waals surface area contributed by atoms with Crippen LogP contribution in [0.4, 0.5) is 5.69 Å². The first kappa shape index (κ1) is 23.3. The first-order chi connectivity index (χ1) is 12.7. The maximum Gasteiger partial charge on any atom is 0.239 e. The first-order valence-electron chi connectivity index (χ1n) is 8.78. The van der Waals surface area contributed by atoms with E-state index in [4.69, 9.17) is 9.47 Å². The highest BCUT2D eigenvalue weighted by atomic mass is 127. The molecular weight excluding hydrogens is 461 g/mol. The molecule has 0 saturated carbocycles. The standard InChI is InChI=1S/C18H29N5O3.HI/c1-19-18(21-12-17(24)20-9-11-25-2)22-14-8-10-23(13-14)15-6-4-5-7-16(15)26-3;/h4-7,14H,8-13H2,1-3H3,(H,20,24)(H2,19,21,22);1H. The summed E-state index contributed by atoms with van der Waals surface area (Å²) in [5.41, 5.74) is 1.10. The number of nitrogens with zero attached hydrogens (tertiary/aromatic N) is 2. The summed E-state index contributed by atoms with van der Waals surface area (Å²) in [6.45, 7) is 2.96. The summed E-state index contributed by atoms with van der Waals surface area (Å²) in [4.78, 5) is 18.2. The smallest absolute Gasteiger partial charge is 0.239 e. The van der Waals surface area contributed by atoms with Crippen LogP contribution in [0.15, 0.2) is 29.3 Å². The zero-order chi connectivity index (χ0) is 18.8. The Morgan fingerprint density at radius 1 is 1.30 bits per heavy atom. The fourth-order valence-electron chi connectivity index (χ4n) is 2.89. The number of aliphatic imine (C=N–C) groups is 1. The number of benzene rings is 1. The summed E-state index contributed by atoms with van der Waals surface area (Å²) in [5.74, 6) is 1.41. The van der Waals surface area contributed by atoms with Gasteiger partial charge in [-0.3, -0.25) is 9.79 Å². The van der Waals surface area contributed by atoms with Crippen LogP contribution in [-0.2, 0) is 9.53 Å². The fraction of sp³-hybridized carbons (Fsp3) is 0.556. The lowest BCUT2D eigenvalue weighted by Crippen LogP contribution is -2.47. The Morgan fingerprint density at radius 3 is 2.78 bits per heavy atom. The summed E-state index contributed by atoms with van der Waals surface area (Å²) in [6, 6.07) is 8.28. The van der Waals surface area contributed by atoms with E-state index in [1.54, 1.807) is 21.3 Å². The van der Waals surface area contributed by atoms with Gasteiger partial charge in [-0.1, -0.05) is 12.1 Å². The maximum absolute atomic E-state index is 11.7. The molecule has 9 heteroatoms. The van der Waals surface area contributed by atoms with Gasteiger partial charge in [-0.05, 0) is 18.6 Å². The molecule has 1 aromatic rings. The van der Waals surface area contributed by atoms with Gasteiger partial charge in [0.25, 0.3) is 0 Å². The average Bonchev–Trinajstić information content (AvgIpc) is 3.13. The normalized spacial score (nSPS) is 16.5. The number of anilines is 1. The zero-order valence-electron chi connectivity index (χ0n) is 16.2. The Labute approximate surface area is 178 Å². The van der Waals surface area contributed by atoms with Crippen molar-refractivity contribution >= 4 is 41.5 Å². The molecule has 152 valence electrons. The number of rotatable bonds is 8. The first-order valence-corrected chi connectivity index (χ1v) is 8.78. The summed E-state index contributed by atoms with van der Waals surface area (Å²) in [5, 5.41) is 9.19. The molecule has 1 unspecified atom stereocenters. The summed E-state index contributed by atoms with van der Waals surface area (Å²) in [6.07, 6.45) is 0.985. The van der Waals surface area contributed by atoms with Crippen molar-refractivity contribution in [3.8, 4) is 5.75 Å². The van der Waals surface area contributed by atoms with Crippen LogP contribution in [0.3, 0.4) is 0 Å². The molecule has 1 heterocycles. The predicted molar refractivity (Wildman–Crippen MR) is 118 cm³/mol. The van der Waals surface area contributed by atoms with Gasteiger partial charge in [0.2, 0.25) is 5.91 Å². The number of hydrogen-bond acceptors (Lipinski definition) is 5. The third-order valence-corrected chi connectivity index (χ3v) is 4.22. The van der Waals surface area contributed by atoms with E-state index in [9.17, 15) is 4.79 Å². The number of methoxy groups -OCH3 is 2. The SMILES string of the molecule is CN=C(NCC(=O)NCCOC)NC1CCN(c2ccccc2OC)C1.I. The minimum absolute atomic E-state index is 0. The van der Waals surface area contributed by atoms with Gasteiger partial charge in [-0.2, -0.15) is 0 Å². The minimum Gasteiger partial charge on any atom is -0.495 e. The van der Waals surface area contributed by atoms with Gasteiger partial charge in [0.1, 0.15) is 5.75 Å². The van der Waals surface area contributed by atoms with E-state index in [1.165, 1.54) is 0 Å². The number of halogens is 1. The van der Waals surface area contributed by atoms with E-state index in [2.05, 4.69) is 31.9 Å². The van der Waals surface area contributed by atoms with Gasteiger partial charge < -0.3 is 30.3 Å². The predicted octanol–water partition coefficient (Wildman–Crippen LogP) is 0.820. The zero-order valence-corrected chi connectivity index (χ0v) is 18.5. The minimum atomic E-state index is -0.0907. The van der Waals surface area contributed by atoms with Crippen molar-refractivity contribution in [2.75, 3.05) is 59.0 Å². The molecule has 0 spiro atoms. The van der Waals surface area contributed by atoms with E-state index in [0.29, 0.717) is 19.1 Å². The van der Waals surface area contributed by atoms with Crippen LogP contribution in [0.25, 0.3) is 0 Å². The van der Waals surface area contributed by atoms with Gasteiger partial charge in [-0.25, -0.2) is 0 Å². The molecule has 0 bridgehead atoms. The third kappa shape index (κ3) is 7.41. The summed E-state index contributed by atoms with van der Waals surface area (Å²) >= 11 is 0. The Kier molecular flexibility index (Phi) is 10.9. The van der Waals surface area contributed by atoms with Crippen LogP contribution in [0.2, 0.25) is 0 Å². The highest BCUT2D eigenvalue weighted by Crippen LogP contribution is 2.30. The highest BCUT2D eigenvalue weighted by Gasteiger charge is 2.25. The molecule has 0 aromatic heterocycles. The van der Waals surface area contributed by atoms with Gasteiger partial charge in [0, 0.05) is 39.8 Å². The number of carbonyl (C=O) groups is 1. The molecule has 8 nitrogen and oxygen atoms in total. The molecule has 27 heavy (non-hydrogen) atoms. The topological polar surface area (TPSA) is 87.2 Å². The number of nitrogens with one attached hydrogen (secondary N) is 3. The number of ether oxygens (including phenoxy) is 2. The molecule has 1 saturated heterocycles. The van der Waals surface area contributed by atoms with Crippen molar-refractivity contribution < 1.29 is 14.3 Å². The molecule has 1 amide bonds. The van der Waals surface area contributed by atoms with Crippen molar-refractivity contribution in [3.63, 3.8) is 0 Å². The van der Waals surface area contributed by atoms with E-state index < -0.39 is 0 Å². The van der Waals surface area contributed by atoms with Gasteiger partial charge in [-0.15, -0.1) is 24.0 Å². The van der Waals surface area contributed by atoms with E-state index in [0.717, 1.165) is 30.9 Å². The van der Waals surface area contributed by atoms with Crippen LogP contribution >= 0.6 is 24.0 Å². The molecular formula is C18H30IN5O3. The Hall–Kier alpha value is -1.75. The number of amides is 1. The molecule has 1 aliphatic heterocycles. The van der Waals surface area contributed by atoms with Crippen molar-refractivity contribution in [2.45, 2.75) is 12.5 Å². The third-order valence-electron chi connectivity index (χ3n) is 4.22. The number of guanidine groups is 1. The fourth-order valence-corrected chi connectivity index (χ4v) is 2.89. The van der Waals surface area contributed by atoms with Crippen LogP contribution < -0.4 is 25.6 Å². The molecule has 3 N–H and O–H groups in total. The van der Waals surface area contributed by atoms with Crippen LogP contribution in [0, 0.1) is 0 Å². The van der Waals surface area contributed by atoms with Crippen molar-refractivity contribution in [2.24, 2.45) is 4.99 Å². The molecule has 1 atom stereocenters. The lowest BCUT2D eigenvalue weighted by molar-refractivity contribution is -0.120. The maximum atomic E-state index is 11.7. The second kappa shape index (κ2) is 12.6. The largest absolute Gasteiger partial charge is 0.495 e. The second-order valence-electron chi connectivity index (χ2n) is 6.02. The lowest BCUT2D eigenvalue weighted by atomic mass is 10.2. The summed E-state index contributed by atoms with van der Waals surface area (Å²) < 4.78 is 10.4. The monoisotopic (exact) mass is 491 g/mol. The number of hydrogen-bond donors (Lipinski definition) is 3. The van der Waals surface area contributed by atoms with E-state index >= 15 is 0 Å². The average molecular weight is 491 g/mol. The van der Waals surface area contributed by atoms with Crippen LogP contribution in [0.5, 0.6) is 5.75 Å². The van der Waals surface area contributed by atoms with E-state index in [-0.39, 0.29) is 42.5 Å².